The smallest absolute Gasteiger partial charge is 0.166 e. The Bertz CT molecular complexity index is 370. The molecule has 0 saturated carbocycles. The number of nitrogens with one attached hydrogen (secondary N) is 1. The molecule has 1 N–H and O–H groups in total. The summed E-state index contributed by atoms with van der Waals surface area (Å²) in [4.78, 5) is 4.86. The average molecular weight is 288 g/mol. The zero-order valence-corrected chi connectivity index (χ0v) is 10.7. The van der Waals surface area contributed by atoms with Gasteiger partial charge in [-0.2, -0.15) is 5.48 Å². The maximum atomic E-state index is 5.71. The van der Waals surface area contributed by atoms with E-state index >= 15 is 0 Å². The Hall–Kier alpha value is -0.780. The molecule has 0 spiro atoms. The zero-order valence-electron chi connectivity index (χ0n) is 9.09. The van der Waals surface area contributed by atoms with Crippen molar-refractivity contribution in [3.8, 4) is 11.5 Å². The normalized spacial score (nSPS) is 14.6. The molecule has 0 aliphatic carbocycles. The predicted molar refractivity (Wildman–Crippen MR) is 63.6 cm³/mol. The number of hydrogen-bond donors (Lipinski definition) is 1. The van der Waals surface area contributed by atoms with E-state index in [2.05, 4.69) is 21.4 Å². The standard InChI is InChI=1S/C11H14BrNO3/c1-14-13-7-8-9(12)3-4-10-11(8)16-6-2-5-15-10/h3-4,13H,2,5-7H2,1H3. The van der Waals surface area contributed by atoms with Gasteiger partial charge in [0.1, 0.15) is 0 Å². The van der Waals surface area contributed by atoms with Gasteiger partial charge in [0.15, 0.2) is 11.5 Å². The molecule has 1 aliphatic heterocycles. The highest BCUT2D eigenvalue weighted by atomic mass is 79.9. The fourth-order valence-electron chi connectivity index (χ4n) is 1.58. The number of fused-ring (bicyclic) bond motifs is 1. The fourth-order valence-corrected chi connectivity index (χ4v) is 2.03. The van der Waals surface area contributed by atoms with Crippen molar-refractivity contribution in [2.45, 2.75) is 13.0 Å². The van der Waals surface area contributed by atoms with Crippen LogP contribution in [0.25, 0.3) is 0 Å². The monoisotopic (exact) mass is 287 g/mol. The summed E-state index contributed by atoms with van der Waals surface area (Å²) in [5.74, 6) is 1.60. The van der Waals surface area contributed by atoms with Crippen molar-refractivity contribution in [2.75, 3.05) is 20.3 Å². The summed E-state index contributed by atoms with van der Waals surface area (Å²) in [5.41, 5.74) is 3.83. The molecule has 16 heavy (non-hydrogen) atoms. The second kappa shape index (κ2) is 5.52. The van der Waals surface area contributed by atoms with Gasteiger partial charge in [-0.05, 0) is 12.1 Å². The van der Waals surface area contributed by atoms with Crippen LogP contribution in [-0.2, 0) is 11.4 Å². The van der Waals surface area contributed by atoms with E-state index in [0.29, 0.717) is 19.8 Å². The van der Waals surface area contributed by atoms with Crippen molar-refractivity contribution in [1.29, 1.82) is 0 Å². The molecule has 1 aliphatic rings. The van der Waals surface area contributed by atoms with Crippen LogP contribution in [0.15, 0.2) is 16.6 Å². The molecule has 0 saturated heterocycles. The van der Waals surface area contributed by atoms with E-state index in [1.54, 1.807) is 7.11 Å². The van der Waals surface area contributed by atoms with Gasteiger partial charge in [-0.15, -0.1) is 0 Å². The SMILES string of the molecule is CONCc1c(Br)ccc2c1OCCCO2. The van der Waals surface area contributed by atoms with Crippen LogP contribution in [0.4, 0.5) is 0 Å². The van der Waals surface area contributed by atoms with Crippen LogP contribution in [-0.4, -0.2) is 20.3 Å². The first-order chi connectivity index (χ1) is 7.83. The first-order valence-corrected chi connectivity index (χ1v) is 5.95. The van der Waals surface area contributed by atoms with Crippen molar-refractivity contribution in [3.05, 3.63) is 22.2 Å². The van der Waals surface area contributed by atoms with Crippen LogP contribution in [0.1, 0.15) is 12.0 Å². The largest absolute Gasteiger partial charge is 0.490 e. The molecule has 5 heteroatoms. The van der Waals surface area contributed by atoms with E-state index in [1.807, 2.05) is 12.1 Å². The van der Waals surface area contributed by atoms with Gasteiger partial charge in [0.2, 0.25) is 0 Å². The highest BCUT2D eigenvalue weighted by molar-refractivity contribution is 9.10. The van der Waals surface area contributed by atoms with Gasteiger partial charge >= 0.3 is 0 Å². The summed E-state index contributed by atoms with van der Waals surface area (Å²) in [6.07, 6.45) is 0.906. The van der Waals surface area contributed by atoms with Crippen LogP contribution in [0.5, 0.6) is 11.5 Å². The lowest BCUT2D eigenvalue weighted by molar-refractivity contribution is 0.0858. The molecule has 1 aromatic rings. The quantitative estimate of drug-likeness (QED) is 0.866. The van der Waals surface area contributed by atoms with E-state index in [4.69, 9.17) is 14.3 Å². The van der Waals surface area contributed by atoms with Gasteiger partial charge in [0, 0.05) is 16.5 Å². The van der Waals surface area contributed by atoms with Gasteiger partial charge in [0.25, 0.3) is 0 Å². The van der Waals surface area contributed by atoms with Gasteiger partial charge in [-0.1, -0.05) is 15.9 Å². The van der Waals surface area contributed by atoms with Gasteiger partial charge in [0.05, 0.1) is 26.9 Å². The summed E-state index contributed by atoms with van der Waals surface area (Å²) >= 11 is 3.50. The molecule has 2 rings (SSSR count). The average Bonchev–Trinajstić information content (AvgIpc) is 2.53. The summed E-state index contributed by atoms with van der Waals surface area (Å²) in [5, 5.41) is 0. The number of rotatable bonds is 3. The van der Waals surface area contributed by atoms with Gasteiger partial charge < -0.3 is 14.3 Å². The molecule has 88 valence electrons. The third-order valence-electron chi connectivity index (χ3n) is 2.35. The van der Waals surface area contributed by atoms with Crippen LogP contribution in [0, 0.1) is 0 Å². The molecule has 1 aromatic carbocycles. The number of hydrogen-bond acceptors (Lipinski definition) is 4. The summed E-state index contributed by atoms with van der Waals surface area (Å²) in [6.45, 7) is 1.96. The number of halogens is 1. The Labute approximate surface area is 103 Å². The Balaban J connectivity index is 2.32. The molecule has 0 aromatic heterocycles. The highest BCUT2D eigenvalue weighted by Gasteiger charge is 2.17. The Morgan fingerprint density at radius 2 is 2.19 bits per heavy atom. The summed E-state index contributed by atoms with van der Waals surface area (Å²) < 4.78 is 12.3. The maximum Gasteiger partial charge on any atom is 0.166 e. The van der Waals surface area contributed by atoms with Gasteiger partial charge in [-0.25, -0.2) is 0 Å². The third-order valence-corrected chi connectivity index (χ3v) is 3.10. The van der Waals surface area contributed by atoms with E-state index in [0.717, 1.165) is 28.0 Å². The maximum absolute atomic E-state index is 5.71. The van der Waals surface area contributed by atoms with E-state index < -0.39 is 0 Å². The van der Waals surface area contributed by atoms with Crippen molar-refractivity contribution in [3.63, 3.8) is 0 Å². The first-order valence-electron chi connectivity index (χ1n) is 5.15. The lowest BCUT2D eigenvalue weighted by Gasteiger charge is -2.14. The molecule has 4 nitrogen and oxygen atoms in total. The number of hydroxylamine groups is 1. The van der Waals surface area contributed by atoms with E-state index in [1.165, 1.54) is 0 Å². The van der Waals surface area contributed by atoms with Crippen LogP contribution < -0.4 is 15.0 Å². The van der Waals surface area contributed by atoms with Crippen molar-refractivity contribution < 1.29 is 14.3 Å². The Morgan fingerprint density at radius 3 is 3.00 bits per heavy atom. The molecular weight excluding hydrogens is 274 g/mol. The van der Waals surface area contributed by atoms with E-state index in [-0.39, 0.29) is 0 Å². The second-order valence-electron chi connectivity index (χ2n) is 3.43. The van der Waals surface area contributed by atoms with Crippen LogP contribution in [0.2, 0.25) is 0 Å². The Kier molecular flexibility index (Phi) is 4.04. The minimum Gasteiger partial charge on any atom is -0.490 e. The molecule has 0 fully saturated rings. The minimum atomic E-state index is 0.573. The molecule has 0 bridgehead atoms. The molecular formula is C11H14BrNO3. The highest BCUT2D eigenvalue weighted by Crippen LogP contribution is 2.37. The molecule has 0 radical (unpaired) electrons. The molecule has 1 heterocycles. The molecule has 0 unspecified atom stereocenters. The number of ether oxygens (including phenoxy) is 2. The number of benzene rings is 1. The second-order valence-corrected chi connectivity index (χ2v) is 4.28. The first kappa shape index (κ1) is 11.7. The topological polar surface area (TPSA) is 39.7 Å². The predicted octanol–water partition coefficient (Wildman–Crippen LogP) is 2.26. The van der Waals surface area contributed by atoms with Crippen LogP contribution >= 0.6 is 15.9 Å². The zero-order chi connectivity index (χ0) is 11.4. The summed E-state index contributed by atoms with van der Waals surface area (Å²) in [7, 11) is 1.59. The lowest BCUT2D eigenvalue weighted by atomic mass is 10.2. The minimum absolute atomic E-state index is 0.573. The lowest BCUT2D eigenvalue weighted by Crippen LogP contribution is -2.12. The third kappa shape index (κ3) is 2.48. The van der Waals surface area contributed by atoms with Crippen molar-refractivity contribution in [2.24, 2.45) is 0 Å². The van der Waals surface area contributed by atoms with E-state index in [9.17, 15) is 0 Å². The molecule has 0 amide bonds. The van der Waals surface area contributed by atoms with Crippen molar-refractivity contribution >= 4 is 15.9 Å². The van der Waals surface area contributed by atoms with Crippen molar-refractivity contribution in [1.82, 2.24) is 5.48 Å². The fraction of sp³-hybridized carbons (Fsp3) is 0.455. The Morgan fingerprint density at radius 1 is 1.38 bits per heavy atom. The van der Waals surface area contributed by atoms with Gasteiger partial charge in [-0.3, -0.25) is 0 Å². The summed E-state index contributed by atoms with van der Waals surface area (Å²) in [6, 6.07) is 3.88. The van der Waals surface area contributed by atoms with Crippen LogP contribution in [0.3, 0.4) is 0 Å². The molecule has 0 atom stereocenters.